The molecule has 0 atom stereocenters. The summed E-state index contributed by atoms with van der Waals surface area (Å²) in [6.45, 7) is 0. The lowest BCUT2D eigenvalue weighted by molar-refractivity contribution is 0.484. The topological polar surface area (TPSA) is 72.5 Å². The van der Waals surface area contributed by atoms with Crippen LogP contribution in [-0.4, -0.2) is 15.5 Å². The molecule has 1 N–H and O–H groups in total. The summed E-state index contributed by atoms with van der Waals surface area (Å²) in [5, 5.41) is 2.69. The molecule has 0 aromatic heterocycles. The Kier molecular flexibility index (Phi) is 4.05. The van der Waals surface area contributed by atoms with Gasteiger partial charge in [-0.25, -0.2) is 0 Å². The summed E-state index contributed by atoms with van der Waals surface area (Å²) in [4.78, 5) is 12.1. The molecule has 5 nitrogen and oxygen atoms in total. The van der Waals surface area contributed by atoms with E-state index in [1.54, 1.807) is 37.4 Å². The van der Waals surface area contributed by atoms with Crippen LogP contribution in [0.3, 0.4) is 0 Å². The maximum absolute atomic E-state index is 12.1. The van der Waals surface area contributed by atoms with Crippen molar-refractivity contribution in [2.45, 2.75) is 4.90 Å². The number of hydrogen-bond donors (Lipinski definition) is 1. The summed E-state index contributed by atoms with van der Waals surface area (Å²) in [5.74, 6) is -0.247. The highest BCUT2D eigenvalue weighted by atomic mass is 32.2. The lowest BCUT2D eigenvalue weighted by Gasteiger charge is -2.05. The molecule has 0 saturated carbocycles. The summed E-state index contributed by atoms with van der Waals surface area (Å²) in [6, 6.07) is 13.7. The molecule has 0 spiro atoms. The smallest absolute Gasteiger partial charge is 0.339 e. The molecule has 2 rings (SSSR count). The number of nitrogens with one attached hydrogen (secondary N) is 1. The molecule has 0 amide bonds. The van der Waals surface area contributed by atoms with E-state index in [1.807, 2.05) is 0 Å². The van der Waals surface area contributed by atoms with Crippen LogP contribution in [0.25, 0.3) is 0 Å². The SMILES string of the molecule is CNc1ccccc(OS(=O)(=O)c2ccccc2)c1=O. The second kappa shape index (κ2) is 5.75. The van der Waals surface area contributed by atoms with E-state index >= 15 is 0 Å². The molecule has 20 heavy (non-hydrogen) atoms. The third-order valence-corrected chi connectivity index (χ3v) is 3.84. The molecule has 0 unspecified atom stereocenters. The second-order valence-corrected chi connectivity index (χ2v) is 5.47. The van der Waals surface area contributed by atoms with Gasteiger partial charge in [0, 0.05) is 7.05 Å². The zero-order valence-corrected chi connectivity index (χ0v) is 11.6. The molecule has 0 aliphatic heterocycles. The molecular formula is C14H13NO4S. The van der Waals surface area contributed by atoms with Crippen molar-refractivity contribution in [3.05, 3.63) is 64.8 Å². The van der Waals surface area contributed by atoms with Gasteiger partial charge in [-0.05, 0) is 24.3 Å². The minimum Gasteiger partial charge on any atom is -0.385 e. The van der Waals surface area contributed by atoms with Crippen LogP contribution in [0.15, 0.2) is 64.3 Å². The van der Waals surface area contributed by atoms with Gasteiger partial charge in [-0.2, -0.15) is 8.42 Å². The predicted octanol–water partition coefficient (Wildman–Crippen LogP) is 1.86. The van der Waals surface area contributed by atoms with E-state index in [1.165, 1.54) is 24.3 Å². The van der Waals surface area contributed by atoms with Gasteiger partial charge in [0.15, 0.2) is 5.75 Å². The summed E-state index contributed by atoms with van der Waals surface area (Å²) in [5.41, 5.74) is -0.259. The van der Waals surface area contributed by atoms with Crippen molar-refractivity contribution in [2.75, 3.05) is 12.4 Å². The third-order valence-electron chi connectivity index (χ3n) is 2.59. The van der Waals surface area contributed by atoms with Crippen molar-refractivity contribution in [2.24, 2.45) is 0 Å². The number of anilines is 1. The van der Waals surface area contributed by atoms with Crippen molar-refractivity contribution in [3.8, 4) is 5.75 Å². The van der Waals surface area contributed by atoms with E-state index in [9.17, 15) is 13.2 Å². The predicted molar refractivity (Wildman–Crippen MR) is 76.5 cm³/mol. The van der Waals surface area contributed by atoms with Gasteiger partial charge in [0.1, 0.15) is 4.90 Å². The van der Waals surface area contributed by atoms with Crippen LogP contribution in [-0.2, 0) is 10.1 Å². The van der Waals surface area contributed by atoms with Gasteiger partial charge >= 0.3 is 10.1 Å². The van der Waals surface area contributed by atoms with E-state index in [4.69, 9.17) is 4.18 Å². The minimum atomic E-state index is -4.02. The van der Waals surface area contributed by atoms with Crippen molar-refractivity contribution in [1.82, 2.24) is 0 Å². The number of rotatable bonds is 4. The first-order valence-electron chi connectivity index (χ1n) is 5.85. The Morgan fingerprint density at radius 2 is 1.55 bits per heavy atom. The van der Waals surface area contributed by atoms with Crippen LogP contribution in [0, 0.1) is 0 Å². The highest BCUT2D eigenvalue weighted by Gasteiger charge is 2.18. The third kappa shape index (κ3) is 2.97. The Bertz CT molecular complexity index is 758. The minimum absolute atomic E-state index is 0.00286. The van der Waals surface area contributed by atoms with E-state index in [0.29, 0.717) is 0 Å². The van der Waals surface area contributed by atoms with Crippen molar-refractivity contribution in [1.29, 1.82) is 0 Å². The van der Waals surface area contributed by atoms with Crippen LogP contribution < -0.4 is 14.9 Å². The van der Waals surface area contributed by atoms with Crippen LogP contribution in [0.1, 0.15) is 0 Å². The van der Waals surface area contributed by atoms with Gasteiger partial charge in [-0.1, -0.05) is 30.3 Å². The van der Waals surface area contributed by atoms with E-state index in [0.717, 1.165) is 0 Å². The van der Waals surface area contributed by atoms with Crippen LogP contribution >= 0.6 is 0 Å². The maximum atomic E-state index is 12.1. The van der Waals surface area contributed by atoms with Crippen molar-refractivity contribution in [3.63, 3.8) is 0 Å². The monoisotopic (exact) mass is 291 g/mol. The molecule has 104 valence electrons. The van der Waals surface area contributed by atoms with Gasteiger partial charge in [0.25, 0.3) is 0 Å². The number of hydrogen-bond acceptors (Lipinski definition) is 5. The van der Waals surface area contributed by atoms with Gasteiger partial charge in [-0.15, -0.1) is 0 Å². The fourth-order valence-electron chi connectivity index (χ4n) is 1.59. The lowest BCUT2D eigenvalue weighted by atomic mass is 10.4. The first kappa shape index (κ1) is 14.1. The van der Waals surface area contributed by atoms with Crippen LogP contribution in [0.5, 0.6) is 5.75 Å². The molecule has 0 saturated heterocycles. The van der Waals surface area contributed by atoms with E-state index < -0.39 is 15.5 Å². The summed E-state index contributed by atoms with van der Waals surface area (Å²) in [6.07, 6.45) is 0. The lowest BCUT2D eigenvalue weighted by Crippen LogP contribution is -2.15. The highest BCUT2D eigenvalue weighted by molar-refractivity contribution is 7.87. The van der Waals surface area contributed by atoms with Crippen LogP contribution in [0.2, 0.25) is 0 Å². The zero-order chi connectivity index (χ0) is 14.6. The average molecular weight is 291 g/mol. The summed E-state index contributed by atoms with van der Waals surface area (Å²) in [7, 11) is -2.44. The standard InChI is InChI=1S/C14H13NO4S/c1-15-12-9-5-6-10-13(14(12)16)19-20(17,18)11-7-3-2-4-8-11/h2-10H,1H3,(H,15,16). The Hall–Kier alpha value is -2.34. The summed E-state index contributed by atoms with van der Waals surface area (Å²) < 4.78 is 29.1. The molecule has 0 aliphatic rings. The first-order valence-corrected chi connectivity index (χ1v) is 7.26. The molecule has 6 heteroatoms. The molecule has 2 aromatic carbocycles. The maximum Gasteiger partial charge on any atom is 0.339 e. The Morgan fingerprint density at radius 3 is 2.20 bits per heavy atom. The van der Waals surface area contributed by atoms with Gasteiger partial charge < -0.3 is 9.50 Å². The average Bonchev–Trinajstić information content (AvgIpc) is 2.62. The largest absolute Gasteiger partial charge is 0.385 e. The van der Waals surface area contributed by atoms with E-state index in [-0.39, 0.29) is 16.3 Å². The molecular weight excluding hydrogens is 278 g/mol. The van der Waals surface area contributed by atoms with E-state index in [2.05, 4.69) is 5.32 Å². The number of benzene rings is 1. The van der Waals surface area contributed by atoms with Gasteiger partial charge in [0.2, 0.25) is 5.43 Å². The van der Waals surface area contributed by atoms with Crippen molar-refractivity contribution >= 4 is 15.8 Å². The highest BCUT2D eigenvalue weighted by Crippen LogP contribution is 2.15. The quantitative estimate of drug-likeness (QED) is 0.870. The Morgan fingerprint density at radius 1 is 0.950 bits per heavy atom. The van der Waals surface area contributed by atoms with Gasteiger partial charge in [0.05, 0.1) is 5.69 Å². The molecule has 0 heterocycles. The molecule has 2 aromatic rings. The van der Waals surface area contributed by atoms with Crippen molar-refractivity contribution < 1.29 is 12.6 Å². The normalized spacial score (nSPS) is 10.8. The Balaban J connectivity index is 2.46. The fraction of sp³-hybridized carbons (Fsp3) is 0.0714. The Labute approximate surface area is 117 Å². The fourth-order valence-corrected chi connectivity index (χ4v) is 2.55. The summed E-state index contributed by atoms with van der Waals surface area (Å²) >= 11 is 0. The molecule has 0 fully saturated rings. The van der Waals surface area contributed by atoms with Gasteiger partial charge in [-0.3, -0.25) is 4.79 Å². The first-order chi connectivity index (χ1) is 9.54. The molecule has 0 aliphatic carbocycles. The molecule has 0 bridgehead atoms. The second-order valence-electron chi connectivity index (χ2n) is 3.93. The zero-order valence-electron chi connectivity index (χ0n) is 10.7. The van der Waals surface area contributed by atoms with Crippen LogP contribution in [0.4, 0.5) is 5.69 Å². The molecule has 0 radical (unpaired) electrons.